The molecule has 0 aromatic carbocycles. The van der Waals surface area contributed by atoms with Gasteiger partial charge in [-0.2, -0.15) is 5.26 Å². The van der Waals surface area contributed by atoms with E-state index >= 15 is 0 Å². The van der Waals surface area contributed by atoms with Crippen LogP contribution in [-0.4, -0.2) is 12.0 Å². The summed E-state index contributed by atoms with van der Waals surface area (Å²) in [4.78, 5) is 6.07. The number of aryl methyl sites for hydroxylation is 1. The van der Waals surface area contributed by atoms with Gasteiger partial charge in [-0.3, -0.25) is 0 Å². The summed E-state index contributed by atoms with van der Waals surface area (Å²) in [6, 6.07) is 7.46. The Hall–Kier alpha value is -2.48. The quantitative estimate of drug-likeness (QED) is 0.891. The maximum Gasteiger partial charge on any atom is 0.152 e. The molecule has 0 spiro atoms. The van der Waals surface area contributed by atoms with E-state index in [2.05, 4.69) is 4.98 Å². The number of aromatic nitrogens is 1. The SMILES string of the molecule is Cc1ccc(CN(C)c2ncc(C#N)cc2N)o1. The molecule has 2 aromatic heterocycles. The van der Waals surface area contributed by atoms with Crippen LogP contribution >= 0.6 is 0 Å². The van der Waals surface area contributed by atoms with E-state index in [1.165, 1.54) is 6.20 Å². The van der Waals surface area contributed by atoms with Gasteiger partial charge < -0.3 is 15.1 Å². The molecule has 0 aliphatic carbocycles. The first kappa shape index (κ1) is 12.0. The molecule has 2 N–H and O–H groups in total. The number of hydrogen-bond acceptors (Lipinski definition) is 5. The van der Waals surface area contributed by atoms with Gasteiger partial charge in [0, 0.05) is 13.2 Å². The third-order valence-corrected chi connectivity index (χ3v) is 2.57. The van der Waals surface area contributed by atoms with Crippen LogP contribution in [-0.2, 0) is 6.54 Å². The van der Waals surface area contributed by atoms with E-state index in [1.54, 1.807) is 6.07 Å². The maximum atomic E-state index is 8.76. The Morgan fingerprint density at radius 1 is 1.50 bits per heavy atom. The van der Waals surface area contributed by atoms with E-state index in [4.69, 9.17) is 15.4 Å². The van der Waals surface area contributed by atoms with Crippen molar-refractivity contribution in [1.29, 1.82) is 5.26 Å². The number of furan rings is 1. The minimum atomic E-state index is 0.457. The van der Waals surface area contributed by atoms with Crippen LogP contribution in [0.3, 0.4) is 0 Å². The summed E-state index contributed by atoms with van der Waals surface area (Å²) < 4.78 is 5.50. The van der Waals surface area contributed by atoms with Gasteiger partial charge in [0.15, 0.2) is 5.82 Å². The fraction of sp³-hybridized carbons (Fsp3) is 0.231. The molecular formula is C13H14N4O. The molecule has 0 fully saturated rings. The Morgan fingerprint density at radius 3 is 2.83 bits per heavy atom. The molecule has 2 aromatic rings. The Kier molecular flexibility index (Phi) is 3.20. The van der Waals surface area contributed by atoms with E-state index in [0.29, 0.717) is 23.6 Å². The topological polar surface area (TPSA) is 79.1 Å². The van der Waals surface area contributed by atoms with Crippen LogP contribution in [0.1, 0.15) is 17.1 Å². The minimum Gasteiger partial charge on any atom is -0.464 e. The predicted octanol–water partition coefficient (Wildman–Crippen LogP) is 2.07. The molecule has 0 bridgehead atoms. The van der Waals surface area contributed by atoms with Crippen molar-refractivity contribution in [1.82, 2.24) is 4.98 Å². The van der Waals surface area contributed by atoms with Gasteiger partial charge in [0.1, 0.15) is 17.6 Å². The third kappa shape index (κ3) is 2.43. The van der Waals surface area contributed by atoms with Crippen molar-refractivity contribution >= 4 is 11.5 Å². The van der Waals surface area contributed by atoms with Crippen LogP contribution in [0.25, 0.3) is 0 Å². The second kappa shape index (κ2) is 4.80. The second-order valence-electron chi connectivity index (χ2n) is 4.12. The van der Waals surface area contributed by atoms with Crippen molar-refractivity contribution in [2.24, 2.45) is 0 Å². The molecule has 2 heterocycles. The number of hydrogen-bond donors (Lipinski definition) is 1. The van der Waals surface area contributed by atoms with Gasteiger partial charge in [0.05, 0.1) is 17.8 Å². The van der Waals surface area contributed by atoms with Crippen molar-refractivity contribution in [3.05, 3.63) is 41.5 Å². The van der Waals surface area contributed by atoms with Crippen molar-refractivity contribution in [3.63, 3.8) is 0 Å². The van der Waals surface area contributed by atoms with Crippen molar-refractivity contribution in [2.45, 2.75) is 13.5 Å². The highest BCUT2D eigenvalue weighted by molar-refractivity contribution is 5.64. The number of nitrogen functional groups attached to an aromatic ring is 1. The van der Waals surface area contributed by atoms with Crippen LogP contribution in [0, 0.1) is 18.3 Å². The normalized spacial score (nSPS) is 10.1. The number of rotatable bonds is 3. The lowest BCUT2D eigenvalue weighted by Gasteiger charge is -2.18. The smallest absolute Gasteiger partial charge is 0.152 e. The zero-order chi connectivity index (χ0) is 13.1. The summed E-state index contributed by atoms with van der Waals surface area (Å²) in [5.74, 6) is 2.36. The Bertz CT molecular complexity index is 597. The molecule has 0 unspecified atom stereocenters. The number of anilines is 2. The molecule has 0 saturated carbocycles. The van der Waals surface area contributed by atoms with E-state index in [0.717, 1.165) is 11.5 Å². The highest BCUT2D eigenvalue weighted by atomic mass is 16.3. The molecule has 92 valence electrons. The summed E-state index contributed by atoms with van der Waals surface area (Å²) in [6.07, 6.45) is 1.51. The second-order valence-corrected chi connectivity index (χ2v) is 4.12. The van der Waals surface area contributed by atoms with Gasteiger partial charge >= 0.3 is 0 Å². The average Bonchev–Trinajstić information content (AvgIpc) is 2.74. The van der Waals surface area contributed by atoms with Gasteiger partial charge in [0.25, 0.3) is 0 Å². The Balaban J connectivity index is 2.19. The summed E-state index contributed by atoms with van der Waals surface area (Å²) >= 11 is 0. The molecule has 18 heavy (non-hydrogen) atoms. The minimum absolute atomic E-state index is 0.457. The molecule has 0 aliphatic heterocycles. The summed E-state index contributed by atoms with van der Waals surface area (Å²) in [6.45, 7) is 2.48. The van der Waals surface area contributed by atoms with Gasteiger partial charge in [0.2, 0.25) is 0 Å². The van der Waals surface area contributed by atoms with Gasteiger partial charge in [-0.25, -0.2) is 4.98 Å². The van der Waals surface area contributed by atoms with Crippen LogP contribution in [0.15, 0.2) is 28.8 Å². The third-order valence-electron chi connectivity index (χ3n) is 2.57. The number of nitriles is 1. The first-order valence-electron chi connectivity index (χ1n) is 5.52. The van der Waals surface area contributed by atoms with Gasteiger partial charge in [-0.15, -0.1) is 0 Å². The summed E-state index contributed by atoms with van der Waals surface area (Å²) in [5.41, 5.74) is 6.81. The van der Waals surface area contributed by atoms with Crippen molar-refractivity contribution in [3.8, 4) is 6.07 Å². The van der Waals surface area contributed by atoms with Crippen molar-refractivity contribution in [2.75, 3.05) is 17.7 Å². The lowest BCUT2D eigenvalue weighted by molar-refractivity contribution is 0.481. The highest BCUT2D eigenvalue weighted by Crippen LogP contribution is 2.21. The Labute approximate surface area is 105 Å². The van der Waals surface area contributed by atoms with E-state index < -0.39 is 0 Å². The van der Waals surface area contributed by atoms with E-state index in [-0.39, 0.29) is 0 Å². The molecule has 5 nitrogen and oxygen atoms in total. The molecule has 0 atom stereocenters. The Morgan fingerprint density at radius 2 is 2.28 bits per heavy atom. The van der Waals surface area contributed by atoms with Crippen LogP contribution in [0.5, 0.6) is 0 Å². The molecule has 5 heteroatoms. The first-order chi connectivity index (χ1) is 8.60. The molecule has 0 radical (unpaired) electrons. The highest BCUT2D eigenvalue weighted by Gasteiger charge is 2.10. The summed E-state index contributed by atoms with van der Waals surface area (Å²) in [5, 5.41) is 8.76. The average molecular weight is 242 g/mol. The fourth-order valence-electron chi connectivity index (χ4n) is 1.73. The molecule has 0 saturated heterocycles. The van der Waals surface area contributed by atoms with Gasteiger partial charge in [-0.05, 0) is 25.1 Å². The van der Waals surface area contributed by atoms with Crippen molar-refractivity contribution < 1.29 is 4.42 Å². The van der Waals surface area contributed by atoms with Crippen LogP contribution in [0.4, 0.5) is 11.5 Å². The lowest BCUT2D eigenvalue weighted by atomic mass is 10.2. The van der Waals surface area contributed by atoms with E-state index in [9.17, 15) is 0 Å². The number of pyridine rings is 1. The van der Waals surface area contributed by atoms with E-state index in [1.807, 2.05) is 37.1 Å². The monoisotopic (exact) mass is 242 g/mol. The lowest BCUT2D eigenvalue weighted by Crippen LogP contribution is -2.18. The molecule has 0 aliphatic rings. The van der Waals surface area contributed by atoms with Crippen LogP contribution in [0.2, 0.25) is 0 Å². The first-order valence-corrected chi connectivity index (χ1v) is 5.52. The molecule has 2 rings (SSSR count). The number of nitrogens with two attached hydrogens (primary N) is 1. The largest absolute Gasteiger partial charge is 0.464 e. The zero-order valence-electron chi connectivity index (χ0n) is 10.3. The van der Waals surface area contributed by atoms with Gasteiger partial charge in [-0.1, -0.05) is 0 Å². The number of nitrogens with zero attached hydrogens (tertiary/aromatic N) is 3. The fourth-order valence-corrected chi connectivity index (χ4v) is 1.73. The predicted molar refractivity (Wildman–Crippen MR) is 68.9 cm³/mol. The zero-order valence-corrected chi connectivity index (χ0v) is 10.3. The summed E-state index contributed by atoms with van der Waals surface area (Å²) in [7, 11) is 1.88. The maximum absolute atomic E-state index is 8.76. The molecular weight excluding hydrogens is 228 g/mol. The molecule has 0 amide bonds. The standard InChI is InChI=1S/C13H14N4O/c1-9-3-4-11(18-9)8-17(2)13-12(15)5-10(6-14)7-16-13/h3-5,7H,8,15H2,1-2H3. The van der Waals surface area contributed by atoms with Crippen LogP contribution < -0.4 is 10.6 Å².